The van der Waals surface area contributed by atoms with Gasteiger partial charge in [-0.05, 0) is 23.1 Å². The SMILES string of the molecule is CC(C)(C)[C@@H](NC(=O)Cc1ccc(F)cc1)C(=O)O. The van der Waals surface area contributed by atoms with Crippen molar-refractivity contribution in [3.05, 3.63) is 35.6 Å². The van der Waals surface area contributed by atoms with Crippen molar-refractivity contribution in [1.29, 1.82) is 0 Å². The van der Waals surface area contributed by atoms with Crippen LogP contribution in [0.2, 0.25) is 0 Å². The third-order valence-electron chi connectivity index (χ3n) is 2.70. The topological polar surface area (TPSA) is 66.4 Å². The molecule has 0 heterocycles. The fourth-order valence-electron chi connectivity index (χ4n) is 1.65. The van der Waals surface area contributed by atoms with Crippen molar-refractivity contribution in [2.24, 2.45) is 5.41 Å². The fourth-order valence-corrected chi connectivity index (χ4v) is 1.65. The zero-order valence-electron chi connectivity index (χ0n) is 11.2. The normalized spacial score (nSPS) is 12.8. The molecule has 1 aromatic carbocycles. The number of halogens is 1. The molecule has 2 N–H and O–H groups in total. The van der Waals surface area contributed by atoms with Crippen molar-refractivity contribution in [1.82, 2.24) is 5.32 Å². The molecule has 1 atom stereocenters. The Bertz CT molecular complexity index is 463. The second-order valence-electron chi connectivity index (χ2n) is 5.51. The number of aliphatic carboxylic acids is 1. The van der Waals surface area contributed by atoms with Crippen LogP contribution in [0, 0.1) is 11.2 Å². The molecular formula is C14H18FNO3. The van der Waals surface area contributed by atoms with Gasteiger partial charge in [0.1, 0.15) is 11.9 Å². The maximum Gasteiger partial charge on any atom is 0.326 e. The lowest BCUT2D eigenvalue weighted by Gasteiger charge is -2.27. The molecule has 0 saturated heterocycles. The summed E-state index contributed by atoms with van der Waals surface area (Å²) >= 11 is 0. The lowest BCUT2D eigenvalue weighted by Crippen LogP contribution is -2.49. The summed E-state index contributed by atoms with van der Waals surface area (Å²) < 4.78 is 12.7. The van der Waals surface area contributed by atoms with Crippen LogP contribution < -0.4 is 5.32 Å². The number of amides is 1. The monoisotopic (exact) mass is 267 g/mol. The van der Waals surface area contributed by atoms with Crippen LogP contribution in [0.3, 0.4) is 0 Å². The van der Waals surface area contributed by atoms with Crippen LogP contribution in [0.1, 0.15) is 26.3 Å². The third kappa shape index (κ3) is 4.69. The number of carbonyl (C=O) groups is 2. The van der Waals surface area contributed by atoms with Gasteiger partial charge < -0.3 is 10.4 Å². The van der Waals surface area contributed by atoms with E-state index < -0.39 is 23.3 Å². The predicted octanol–water partition coefficient (Wildman–Crippen LogP) is 1.98. The van der Waals surface area contributed by atoms with E-state index in [1.165, 1.54) is 24.3 Å². The second kappa shape index (κ2) is 5.82. The molecule has 19 heavy (non-hydrogen) atoms. The molecule has 0 fully saturated rings. The van der Waals surface area contributed by atoms with E-state index in [0.29, 0.717) is 5.56 Å². The van der Waals surface area contributed by atoms with Crippen LogP contribution in [-0.2, 0) is 16.0 Å². The highest BCUT2D eigenvalue weighted by atomic mass is 19.1. The lowest BCUT2D eigenvalue weighted by atomic mass is 9.86. The van der Waals surface area contributed by atoms with Gasteiger partial charge in [0.25, 0.3) is 0 Å². The summed E-state index contributed by atoms with van der Waals surface area (Å²) in [6.07, 6.45) is 0.0279. The van der Waals surface area contributed by atoms with Crippen molar-refractivity contribution in [3.63, 3.8) is 0 Å². The summed E-state index contributed by atoms with van der Waals surface area (Å²) in [5.74, 6) is -1.84. The summed E-state index contributed by atoms with van der Waals surface area (Å²) in [6, 6.07) is 4.58. The lowest BCUT2D eigenvalue weighted by molar-refractivity contribution is -0.144. The first kappa shape index (κ1) is 15.1. The largest absolute Gasteiger partial charge is 0.480 e. The minimum Gasteiger partial charge on any atom is -0.480 e. The Labute approximate surface area is 111 Å². The highest BCUT2D eigenvalue weighted by Gasteiger charge is 2.32. The Morgan fingerprint density at radius 2 is 1.79 bits per heavy atom. The molecule has 0 radical (unpaired) electrons. The van der Waals surface area contributed by atoms with Gasteiger partial charge in [-0.15, -0.1) is 0 Å². The van der Waals surface area contributed by atoms with E-state index in [2.05, 4.69) is 5.32 Å². The van der Waals surface area contributed by atoms with Crippen molar-refractivity contribution >= 4 is 11.9 Å². The van der Waals surface area contributed by atoms with E-state index in [1.54, 1.807) is 20.8 Å². The van der Waals surface area contributed by atoms with E-state index in [0.717, 1.165) is 0 Å². The molecule has 0 aliphatic heterocycles. The Kier molecular flexibility index (Phi) is 4.64. The van der Waals surface area contributed by atoms with Gasteiger partial charge in [0.2, 0.25) is 5.91 Å². The number of benzene rings is 1. The maximum atomic E-state index is 12.7. The number of hydrogen-bond acceptors (Lipinski definition) is 2. The van der Waals surface area contributed by atoms with Crippen LogP contribution in [0.25, 0.3) is 0 Å². The van der Waals surface area contributed by atoms with Crippen LogP contribution in [-0.4, -0.2) is 23.0 Å². The van der Waals surface area contributed by atoms with E-state index in [4.69, 9.17) is 5.11 Å². The average Bonchev–Trinajstić information content (AvgIpc) is 2.27. The van der Waals surface area contributed by atoms with Gasteiger partial charge in [0, 0.05) is 0 Å². The Morgan fingerprint density at radius 3 is 2.21 bits per heavy atom. The molecule has 104 valence electrons. The number of carboxylic acids is 1. The number of nitrogens with one attached hydrogen (secondary N) is 1. The summed E-state index contributed by atoms with van der Waals surface area (Å²) in [5, 5.41) is 11.6. The molecule has 0 spiro atoms. The first-order chi connectivity index (χ1) is 8.70. The molecule has 1 aromatic rings. The number of hydrogen-bond donors (Lipinski definition) is 2. The van der Waals surface area contributed by atoms with Crippen LogP contribution in [0.5, 0.6) is 0 Å². The molecule has 1 amide bonds. The molecular weight excluding hydrogens is 249 g/mol. The Balaban J connectivity index is 2.68. The quantitative estimate of drug-likeness (QED) is 0.876. The summed E-state index contributed by atoms with van der Waals surface area (Å²) in [6.45, 7) is 5.22. The van der Waals surface area contributed by atoms with Gasteiger partial charge >= 0.3 is 5.97 Å². The molecule has 1 rings (SSSR count). The van der Waals surface area contributed by atoms with Crippen molar-refractivity contribution in [2.45, 2.75) is 33.2 Å². The molecule has 0 unspecified atom stereocenters. The number of carbonyl (C=O) groups excluding carboxylic acids is 1. The minimum absolute atomic E-state index is 0.0279. The van der Waals surface area contributed by atoms with Gasteiger partial charge in [-0.1, -0.05) is 32.9 Å². The standard InChI is InChI=1S/C14H18FNO3/c1-14(2,3)12(13(18)19)16-11(17)8-9-4-6-10(15)7-5-9/h4-7,12H,8H2,1-3H3,(H,16,17)(H,18,19)/t12-/m0/s1. The van der Waals surface area contributed by atoms with E-state index in [-0.39, 0.29) is 12.2 Å². The Hall–Kier alpha value is -1.91. The zero-order valence-corrected chi connectivity index (χ0v) is 11.2. The number of rotatable bonds is 4. The summed E-state index contributed by atoms with van der Waals surface area (Å²) in [7, 11) is 0. The molecule has 0 aromatic heterocycles. The first-order valence-corrected chi connectivity index (χ1v) is 5.97. The van der Waals surface area contributed by atoms with Gasteiger partial charge in [-0.25, -0.2) is 9.18 Å². The molecule has 0 aliphatic rings. The molecule has 5 heteroatoms. The predicted molar refractivity (Wildman–Crippen MR) is 69.1 cm³/mol. The van der Waals surface area contributed by atoms with Gasteiger partial charge in [-0.3, -0.25) is 4.79 Å². The Morgan fingerprint density at radius 1 is 1.26 bits per heavy atom. The summed E-state index contributed by atoms with van der Waals surface area (Å²) in [4.78, 5) is 22.9. The maximum absolute atomic E-state index is 12.7. The van der Waals surface area contributed by atoms with E-state index in [9.17, 15) is 14.0 Å². The minimum atomic E-state index is -1.07. The highest BCUT2D eigenvalue weighted by Crippen LogP contribution is 2.19. The average molecular weight is 267 g/mol. The fraction of sp³-hybridized carbons (Fsp3) is 0.429. The second-order valence-corrected chi connectivity index (χ2v) is 5.51. The van der Waals surface area contributed by atoms with Crippen molar-refractivity contribution in [3.8, 4) is 0 Å². The molecule has 0 saturated carbocycles. The molecule has 0 aliphatic carbocycles. The van der Waals surface area contributed by atoms with E-state index >= 15 is 0 Å². The van der Waals surface area contributed by atoms with E-state index in [1.807, 2.05) is 0 Å². The first-order valence-electron chi connectivity index (χ1n) is 5.97. The third-order valence-corrected chi connectivity index (χ3v) is 2.70. The molecule has 4 nitrogen and oxygen atoms in total. The van der Waals surface area contributed by atoms with Gasteiger partial charge in [0.05, 0.1) is 6.42 Å². The number of carboxylic acid groups (broad SMARTS) is 1. The van der Waals surface area contributed by atoms with Crippen LogP contribution in [0.4, 0.5) is 4.39 Å². The highest BCUT2D eigenvalue weighted by molar-refractivity contribution is 5.85. The van der Waals surface area contributed by atoms with Crippen molar-refractivity contribution in [2.75, 3.05) is 0 Å². The van der Waals surface area contributed by atoms with Crippen molar-refractivity contribution < 1.29 is 19.1 Å². The smallest absolute Gasteiger partial charge is 0.326 e. The zero-order chi connectivity index (χ0) is 14.6. The summed E-state index contributed by atoms with van der Waals surface area (Å²) in [5.41, 5.74) is 0.0570. The van der Waals surface area contributed by atoms with Gasteiger partial charge in [0.15, 0.2) is 0 Å². The van der Waals surface area contributed by atoms with Crippen LogP contribution >= 0.6 is 0 Å². The van der Waals surface area contributed by atoms with Gasteiger partial charge in [-0.2, -0.15) is 0 Å². The van der Waals surface area contributed by atoms with Crippen LogP contribution in [0.15, 0.2) is 24.3 Å². The molecule has 0 bridgehead atoms.